The maximum atomic E-state index is 3.12. The van der Waals surface area contributed by atoms with Gasteiger partial charge in [-0.2, -0.15) is 0 Å². The van der Waals surface area contributed by atoms with Gasteiger partial charge in [-0.15, -0.1) is 0 Å². The zero-order valence-electron chi connectivity index (χ0n) is 10.3. The minimum Gasteiger partial charge on any atom is -0.368 e. The molecule has 14 heavy (non-hydrogen) atoms. The highest BCUT2D eigenvalue weighted by atomic mass is 14.8. The first-order valence-electron chi connectivity index (χ1n) is 5.32. The van der Waals surface area contributed by atoms with E-state index in [1.807, 2.05) is 0 Å². The molecule has 0 amide bonds. The lowest BCUT2D eigenvalue weighted by Crippen LogP contribution is -2.44. The van der Waals surface area contributed by atoms with Crippen molar-refractivity contribution < 1.29 is 0 Å². The molecule has 0 unspecified atom stereocenters. The Morgan fingerprint density at radius 2 is 1.14 bits per heavy atom. The summed E-state index contributed by atoms with van der Waals surface area (Å²) >= 11 is 0. The molecule has 0 aromatic heterocycles. The summed E-state index contributed by atoms with van der Waals surface area (Å²) in [6, 6.07) is 0. The lowest BCUT2D eigenvalue weighted by atomic mass is 9.54. The maximum absolute atomic E-state index is 3.12. The minimum atomic E-state index is 0.130. The molecule has 0 aliphatic carbocycles. The summed E-state index contributed by atoms with van der Waals surface area (Å²) in [6.45, 7) is 13.8. The van der Waals surface area contributed by atoms with Crippen LogP contribution in [0, 0.1) is 16.2 Å². The van der Waals surface area contributed by atoms with Crippen molar-refractivity contribution in [2.75, 3.05) is 0 Å². The molecule has 1 heterocycles. The van der Waals surface area contributed by atoms with Crippen LogP contribution in [0.4, 0.5) is 0 Å². The van der Waals surface area contributed by atoms with E-state index in [1.165, 1.54) is 0 Å². The first-order valence-corrected chi connectivity index (χ1v) is 5.32. The van der Waals surface area contributed by atoms with E-state index in [1.54, 1.807) is 0 Å². The predicted molar refractivity (Wildman–Crippen MR) is 62.8 cm³/mol. The summed E-state index contributed by atoms with van der Waals surface area (Å²) in [5, 5.41) is 3.12. The molecule has 0 spiro atoms. The number of dihydropyridines is 1. The Labute approximate surface area is 88.3 Å². The first-order chi connectivity index (χ1) is 6.21. The second-order valence-corrected chi connectivity index (χ2v) is 6.20. The van der Waals surface area contributed by atoms with E-state index in [0.717, 1.165) is 0 Å². The standard InChI is InChI=1S/C13H23N/c1-11(2,3)13(12(4,5)6)7-9-14-10-8-13/h7-10,14H,1-6H3. The van der Waals surface area contributed by atoms with Crippen LogP contribution >= 0.6 is 0 Å². The second-order valence-electron chi connectivity index (χ2n) is 6.20. The van der Waals surface area contributed by atoms with Gasteiger partial charge in [-0.25, -0.2) is 0 Å². The molecule has 1 N–H and O–H groups in total. The highest BCUT2D eigenvalue weighted by Crippen LogP contribution is 2.54. The zero-order valence-corrected chi connectivity index (χ0v) is 10.3. The van der Waals surface area contributed by atoms with Crippen molar-refractivity contribution >= 4 is 0 Å². The Balaban J connectivity index is 3.23. The molecular weight excluding hydrogens is 170 g/mol. The van der Waals surface area contributed by atoms with Gasteiger partial charge in [0.1, 0.15) is 0 Å². The van der Waals surface area contributed by atoms with Crippen LogP contribution in [0.25, 0.3) is 0 Å². The van der Waals surface area contributed by atoms with E-state index in [2.05, 4.69) is 71.4 Å². The monoisotopic (exact) mass is 193 g/mol. The quantitative estimate of drug-likeness (QED) is 0.618. The molecular formula is C13H23N. The Hall–Kier alpha value is -0.720. The molecule has 0 bridgehead atoms. The lowest BCUT2D eigenvalue weighted by Gasteiger charge is -2.51. The van der Waals surface area contributed by atoms with Crippen LogP contribution in [0.5, 0.6) is 0 Å². The summed E-state index contributed by atoms with van der Waals surface area (Å²) in [5.41, 5.74) is 0.603. The van der Waals surface area contributed by atoms with E-state index in [-0.39, 0.29) is 16.2 Å². The van der Waals surface area contributed by atoms with Gasteiger partial charge < -0.3 is 5.32 Å². The van der Waals surface area contributed by atoms with Crippen LogP contribution in [0.1, 0.15) is 41.5 Å². The Kier molecular flexibility index (Phi) is 2.55. The molecule has 1 aliphatic rings. The van der Waals surface area contributed by atoms with Crippen LogP contribution < -0.4 is 5.32 Å². The van der Waals surface area contributed by atoms with Gasteiger partial charge in [0, 0.05) is 5.41 Å². The molecule has 0 aromatic rings. The Bertz CT molecular complexity index is 230. The van der Waals surface area contributed by atoms with Crippen LogP contribution in [-0.2, 0) is 0 Å². The maximum Gasteiger partial charge on any atom is 0.0192 e. The SMILES string of the molecule is CC(C)(C)C1(C(C)(C)C)C=CNC=C1. The number of nitrogens with one attached hydrogen (secondary N) is 1. The van der Waals surface area contributed by atoms with Crippen LogP contribution in [0.2, 0.25) is 0 Å². The molecule has 0 fully saturated rings. The normalized spacial score (nSPS) is 20.7. The van der Waals surface area contributed by atoms with Crippen LogP contribution in [0.15, 0.2) is 24.6 Å². The largest absolute Gasteiger partial charge is 0.368 e. The van der Waals surface area contributed by atoms with E-state index in [0.29, 0.717) is 0 Å². The number of allylic oxidation sites excluding steroid dienone is 2. The van der Waals surface area contributed by atoms with Gasteiger partial charge >= 0.3 is 0 Å². The van der Waals surface area contributed by atoms with Gasteiger partial charge in [-0.05, 0) is 23.2 Å². The van der Waals surface area contributed by atoms with Gasteiger partial charge in [0.05, 0.1) is 0 Å². The smallest absolute Gasteiger partial charge is 0.0192 e. The van der Waals surface area contributed by atoms with Crippen LogP contribution in [0.3, 0.4) is 0 Å². The average molecular weight is 193 g/mol. The third kappa shape index (κ3) is 1.60. The molecule has 0 saturated carbocycles. The first kappa shape index (κ1) is 11.4. The number of hydrogen-bond donors (Lipinski definition) is 1. The second kappa shape index (κ2) is 3.15. The van der Waals surface area contributed by atoms with Crippen molar-refractivity contribution in [3.8, 4) is 0 Å². The predicted octanol–water partition coefficient (Wildman–Crippen LogP) is 3.70. The highest BCUT2D eigenvalue weighted by Gasteiger charge is 2.47. The molecule has 1 aliphatic heterocycles. The fourth-order valence-corrected chi connectivity index (χ4v) is 2.60. The molecule has 1 heteroatoms. The molecule has 0 radical (unpaired) electrons. The number of rotatable bonds is 0. The van der Waals surface area contributed by atoms with Gasteiger partial charge in [-0.1, -0.05) is 53.7 Å². The summed E-state index contributed by atoms with van der Waals surface area (Å²) < 4.78 is 0. The summed E-state index contributed by atoms with van der Waals surface area (Å²) in [7, 11) is 0. The van der Waals surface area contributed by atoms with Crippen molar-refractivity contribution in [2.24, 2.45) is 16.2 Å². The van der Waals surface area contributed by atoms with E-state index in [9.17, 15) is 0 Å². The van der Waals surface area contributed by atoms with Crippen molar-refractivity contribution in [1.29, 1.82) is 0 Å². The molecule has 1 rings (SSSR count). The van der Waals surface area contributed by atoms with Crippen molar-refractivity contribution in [1.82, 2.24) is 5.32 Å². The Morgan fingerprint density at radius 3 is 1.36 bits per heavy atom. The number of hydrogen-bond acceptors (Lipinski definition) is 1. The molecule has 0 saturated heterocycles. The fourth-order valence-electron chi connectivity index (χ4n) is 2.60. The van der Waals surface area contributed by atoms with Gasteiger partial charge in [0.2, 0.25) is 0 Å². The van der Waals surface area contributed by atoms with Gasteiger partial charge in [0.25, 0.3) is 0 Å². The molecule has 0 aromatic carbocycles. The van der Waals surface area contributed by atoms with E-state index >= 15 is 0 Å². The van der Waals surface area contributed by atoms with Crippen molar-refractivity contribution in [3.05, 3.63) is 24.6 Å². The van der Waals surface area contributed by atoms with Gasteiger partial charge in [0.15, 0.2) is 0 Å². The van der Waals surface area contributed by atoms with Crippen molar-refractivity contribution in [3.63, 3.8) is 0 Å². The molecule has 1 nitrogen and oxygen atoms in total. The average Bonchev–Trinajstić information content (AvgIpc) is 2.02. The van der Waals surface area contributed by atoms with Crippen molar-refractivity contribution in [2.45, 2.75) is 41.5 Å². The van der Waals surface area contributed by atoms with E-state index < -0.39 is 0 Å². The third-order valence-corrected chi connectivity index (χ3v) is 3.37. The minimum absolute atomic E-state index is 0.130. The summed E-state index contributed by atoms with van der Waals surface area (Å²) in [6.07, 6.45) is 8.70. The third-order valence-electron chi connectivity index (χ3n) is 3.37. The fraction of sp³-hybridized carbons (Fsp3) is 0.692. The summed E-state index contributed by atoms with van der Waals surface area (Å²) in [5.74, 6) is 0. The zero-order chi connectivity index (χ0) is 11.0. The van der Waals surface area contributed by atoms with Crippen LogP contribution in [-0.4, -0.2) is 0 Å². The van der Waals surface area contributed by atoms with Gasteiger partial charge in [-0.3, -0.25) is 0 Å². The lowest BCUT2D eigenvalue weighted by molar-refractivity contribution is 0.0650. The molecule has 0 atom stereocenters. The summed E-state index contributed by atoms with van der Waals surface area (Å²) in [4.78, 5) is 0. The highest BCUT2D eigenvalue weighted by molar-refractivity contribution is 5.23. The Morgan fingerprint density at radius 1 is 0.786 bits per heavy atom. The topological polar surface area (TPSA) is 12.0 Å². The van der Waals surface area contributed by atoms with E-state index in [4.69, 9.17) is 0 Å². The molecule has 80 valence electrons.